The molecule has 0 bridgehead atoms. The van der Waals surface area contributed by atoms with Crippen LogP contribution in [0.1, 0.15) is 6.92 Å². The molecule has 4 N–H and O–H groups in total. The minimum atomic E-state index is 0.367. The van der Waals surface area contributed by atoms with Crippen LogP contribution in [-0.2, 0) is 4.74 Å². The number of morpholine rings is 1. The lowest BCUT2D eigenvalue weighted by Gasteiger charge is -2.35. The highest BCUT2D eigenvalue weighted by molar-refractivity contribution is 5.84. The molecule has 3 aromatic rings. The first-order valence-electron chi connectivity index (χ1n) is 7.36. The maximum Gasteiger partial charge on any atom is 0.161 e. The third-order valence-electron chi connectivity index (χ3n) is 4.06. The minimum Gasteiger partial charge on any atom is -0.396 e. The number of nitrogens with zero attached hydrogens (tertiary/aromatic N) is 3. The quantitative estimate of drug-likeness (QED) is 0.670. The zero-order valence-electron chi connectivity index (χ0n) is 12.3. The summed E-state index contributed by atoms with van der Waals surface area (Å²) in [5.74, 6) is 0.681. The van der Waals surface area contributed by atoms with E-state index >= 15 is 0 Å². The van der Waals surface area contributed by atoms with Gasteiger partial charge in [-0.25, -0.2) is 4.98 Å². The number of ether oxygens (including phenoxy) is 1. The molecule has 1 atom stereocenters. The number of benzene rings is 1. The predicted molar refractivity (Wildman–Crippen MR) is 85.7 cm³/mol. The van der Waals surface area contributed by atoms with Crippen molar-refractivity contribution in [1.29, 1.82) is 0 Å². The van der Waals surface area contributed by atoms with Crippen molar-refractivity contribution in [2.24, 2.45) is 0 Å². The van der Waals surface area contributed by atoms with Gasteiger partial charge in [-0.05, 0) is 25.1 Å². The molecule has 114 valence electrons. The van der Waals surface area contributed by atoms with E-state index in [9.17, 15) is 0 Å². The lowest BCUT2D eigenvalue weighted by atomic mass is 10.2. The topological polar surface area (TPSA) is 95.8 Å². The smallest absolute Gasteiger partial charge is 0.161 e. The van der Waals surface area contributed by atoms with Crippen LogP contribution in [0.5, 0.6) is 0 Å². The van der Waals surface area contributed by atoms with Gasteiger partial charge < -0.3 is 20.4 Å². The van der Waals surface area contributed by atoms with Gasteiger partial charge in [0.05, 0.1) is 29.9 Å². The van der Waals surface area contributed by atoms with Crippen molar-refractivity contribution in [2.45, 2.75) is 13.0 Å². The maximum absolute atomic E-state index is 5.88. The summed E-state index contributed by atoms with van der Waals surface area (Å²) < 4.78 is 5.50. The number of rotatable bonds is 2. The van der Waals surface area contributed by atoms with Crippen LogP contribution >= 0.6 is 0 Å². The number of fused-ring (bicyclic) bond motifs is 1. The van der Waals surface area contributed by atoms with Crippen LogP contribution in [0.25, 0.3) is 22.6 Å². The minimum absolute atomic E-state index is 0.367. The third-order valence-corrected chi connectivity index (χ3v) is 4.06. The summed E-state index contributed by atoms with van der Waals surface area (Å²) in [7, 11) is 0. The summed E-state index contributed by atoms with van der Waals surface area (Å²) >= 11 is 0. The summed E-state index contributed by atoms with van der Waals surface area (Å²) in [5.41, 5.74) is 10.2. The Hall–Kier alpha value is -2.54. The number of hydrogen-bond donors (Lipinski definition) is 3. The van der Waals surface area contributed by atoms with Crippen molar-refractivity contribution in [1.82, 2.24) is 20.2 Å². The molecule has 0 saturated carbocycles. The van der Waals surface area contributed by atoms with Crippen molar-refractivity contribution in [3.8, 4) is 11.5 Å². The van der Waals surface area contributed by atoms with Gasteiger partial charge in [-0.2, -0.15) is 5.10 Å². The summed E-state index contributed by atoms with van der Waals surface area (Å²) in [6.07, 6.45) is 1.66. The molecule has 1 aliphatic heterocycles. The SMILES string of the molecule is CC1COCCN1c1ccc2[nH]c(-c3n[nH]cc3N)nc2c1. The Balaban J connectivity index is 1.73. The molecule has 22 heavy (non-hydrogen) atoms. The van der Waals surface area contributed by atoms with Crippen molar-refractivity contribution >= 4 is 22.4 Å². The number of aromatic nitrogens is 4. The molecule has 4 rings (SSSR count). The Bertz CT molecular complexity index is 807. The second-order valence-corrected chi connectivity index (χ2v) is 5.59. The van der Waals surface area contributed by atoms with Crippen molar-refractivity contribution < 1.29 is 4.74 Å². The number of nitrogen functional groups attached to an aromatic ring is 1. The molecular weight excluding hydrogens is 280 g/mol. The Morgan fingerprint density at radius 2 is 2.32 bits per heavy atom. The summed E-state index contributed by atoms with van der Waals surface area (Å²) in [5, 5.41) is 6.89. The normalized spacial score (nSPS) is 19.0. The predicted octanol–water partition coefficient (Wildman–Crippen LogP) is 1.76. The van der Waals surface area contributed by atoms with Crippen LogP contribution in [0.2, 0.25) is 0 Å². The van der Waals surface area contributed by atoms with Gasteiger partial charge in [0.25, 0.3) is 0 Å². The largest absolute Gasteiger partial charge is 0.396 e. The third kappa shape index (κ3) is 2.10. The van der Waals surface area contributed by atoms with Gasteiger partial charge in [0.15, 0.2) is 11.5 Å². The number of imidazole rings is 1. The van der Waals surface area contributed by atoms with E-state index in [0.29, 0.717) is 23.2 Å². The van der Waals surface area contributed by atoms with Gasteiger partial charge >= 0.3 is 0 Å². The highest BCUT2D eigenvalue weighted by Gasteiger charge is 2.20. The van der Waals surface area contributed by atoms with E-state index in [1.165, 1.54) is 0 Å². The van der Waals surface area contributed by atoms with Gasteiger partial charge in [0.2, 0.25) is 0 Å². The molecule has 2 aromatic heterocycles. The first-order valence-corrected chi connectivity index (χ1v) is 7.36. The Labute approximate surface area is 127 Å². The highest BCUT2D eigenvalue weighted by Crippen LogP contribution is 2.27. The van der Waals surface area contributed by atoms with Gasteiger partial charge in [-0.1, -0.05) is 0 Å². The number of aromatic amines is 2. The van der Waals surface area contributed by atoms with Crippen LogP contribution < -0.4 is 10.6 Å². The molecule has 0 amide bonds. The number of anilines is 2. The molecule has 1 aliphatic rings. The molecule has 7 heteroatoms. The Morgan fingerprint density at radius 3 is 3.09 bits per heavy atom. The van der Waals surface area contributed by atoms with E-state index in [1.807, 2.05) is 6.07 Å². The molecule has 0 spiro atoms. The average molecular weight is 298 g/mol. The number of nitrogens with two attached hydrogens (primary N) is 1. The van der Waals surface area contributed by atoms with Crippen molar-refractivity contribution in [3.63, 3.8) is 0 Å². The number of hydrogen-bond acceptors (Lipinski definition) is 5. The number of nitrogens with one attached hydrogen (secondary N) is 2. The molecule has 3 heterocycles. The fourth-order valence-electron chi connectivity index (χ4n) is 2.88. The molecule has 1 saturated heterocycles. The molecule has 0 radical (unpaired) electrons. The first-order chi connectivity index (χ1) is 10.7. The second-order valence-electron chi connectivity index (χ2n) is 5.59. The van der Waals surface area contributed by atoms with Crippen LogP contribution in [0.15, 0.2) is 24.4 Å². The summed E-state index contributed by atoms with van der Waals surface area (Å²) in [6.45, 7) is 4.59. The van der Waals surface area contributed by atoms with E-state index in [4.69, 9.17) is 10.5 Å². The summed E-state index contributed by atoms with van der Waals surface area (Å²) in [6, 6.07) is 6.62. The van der Waals surface area contributed by atoms with Crippen LogP contribution in [0, 0.1) is 0 Å². The first kappa shape index (κ1) is 13.1. The van der Waals surface area contributed by atoms with Crippen LogP contribution in [0.4, 0.5) is 11.4 Å². The molecule has 0 aliphatic carbocycles. The van der Waals surface area contributed by atoms with Gasteiger partial charge in [-0.3, -0.25) is 5.10 Å². The standard InChI is InChI=1S/C15H18N6O/c1-9-8-22-5-4-21(9)10-2-3-12-13(6-10)19-15(18-12)14-11(16)7-17-20-14/h2-3,6-7,9H,4-5,8,16H2,1H3,(H,17,20)(H,18,19). The zero-order chi connectivity index (χ0) is 15.1. The fourth-order valence-corrected chi connectivity index (χ4v) is 2.88. The average Bonchev–Trinajstić information content (AvgIpc) is 3.12. The van der Waals surface area contributed by atoms with E-state index in [0.717, 1.165) is 36.5 Å². The molecule has 1 unspecified atom stereocenters. The van der Waals surface area contributed by atoms with Gasteiger partial charge in [0, 0.05) is 24.5 Å². The molecule has 1 aromatic carbocycles. The lowest BCUT2D eigenvalue weighted by Crippen LogP contribution is -2.43. The summed E-state index contributed by atoms with van der Waals surface area (Å²) in [4.78, 5) is 10.2. The van der Waals surface area contributed by atoms with E-state index in [-0.39, 0.29) is 0 Å². The van der Waals surface area contributed by atoms with Gasteiger partial charge in [0.1, 0.15) is 0 Å². The van der Waals surface area contributed by atoms with Crippen LogP contribution in [-0.4, -0.2) is 46.0 Å². The van der Waals surface area contributed by atoms with E-state index < -0.39 is 0 Å². The van der Waals surface area contributed by atoms with Crippen molar-refractivity contribution in [3.05, 3.63) is 24.4 Å². The monoisotopic (exact) mass is 298 g/mol. The molecule has 7 nitrogen and oxygen atoms in total. The van der Waals surface area contributed by atoms with E-state index in [1.54, 1.807) is 6.20 Å². The lowest BCUT2D eigenvalue weighted by molar-refractivity contribution is 0.0989. The van der Waals surface area contributed by atoms with Crippen LogP contribution in [0.3, 0.4) is 0 Å². The molecular formula is C15H18N6O. The Morgan fingerprint density at radius 1 is 1.41 bits per heavy atom. The highest BCUT2D eigenvalue weighted by atomic mass is 16.5. The fraction of sp³-hybridized carbons (Fsp3) is 0.333. The zero-order valence-corrected chi connectivity index (χ0v) is 12.3. The Kier molecular flexibility index (Phi) is 3.00. The second kappa shape index (κ2) is 5.03. The van der Waals surface area contributed by atoms with Crippen molar-refractivity contribution in [2.75, 3.05) is 30.4 Å². The molecule has 1 fully saturated rings. The number of H-pyrrole nitrogens is 2. The van der Waals surface area contributed by atoms with E-state index in [2.05, 4.69) is 44.1 Å². The van der Waals surface area contributed by atoms with Gasteiger partial charge in [-0.15, -0.1) is 0 Å². The maximum atomic E-state index is 5.88.